The molecule has 2 rings (SSSR count). The standard InChI is InChI=1S/C15H22BrFN2O/c1-10(2)9-13(19-7-5-18-6-8-19)14-12(17)4-3-11(16)15(14)20/h3-4,10,13,18,20H,5-9H2,1-2H3/t13-/m1/s1. The van der Waals surface area contributed by atoms with Crippen LogP contribution in [0, 0.1) is 11.7 Å². The molecule has 0 radical (unpaired) electrons. The number of benzene rings is 1. The van der Waals surface area contributed by atoms with Gasteiger partial charge in [-0.3, -0.25) is 4.90 Å². The van der Waals surface area contributed by atoms with Crippen molar-refractivity contribution in [2.75, 3.05) is 26.2 Å². The van der Waals surface area contributed by atoms with E-state index in [1.165, 1.54) is 6.07 Å². The highest BCUT2D eigenvalue weighted by Gasteiger charge is 2.28. The highest BCUT2D eigenvalue weighted by atomic mass is 79.9. The van der Waals surface area contributed by atoms with Crippen LogP contribution in [0.1, 0.15) is 31.9 Å². The molecule has 20 heavy (non-hydrogen) atoms. The van der Waals surface area contributed by atoms with Crippen LogP contribution in [-0.2, 0) is 0 Å². The predicted octanol–water partition coefficient (Wildman–Crippen LogP) is 3.29. The van der Waals surface area contributed by atoms with Crippen molar-refractivity contribution in [3.05, 3.63) is 28.0 Å². The third kappa shape index (κ3) is 3.51. The number of piperazine rings is 1. The first kappa shape index (κ1) is 15.7. The molecule has 0 spiro atoms. The van der Waals surface area contributed by atoms with E-state index in [0.717, 1.165) is 32.6 Å². The van der Waals surface area contributed by atoms with E-state index in [0.29, 0.717) is 16.0 Å². The van der Waals surface area contributed by atoms with Gasteiger partial charge in [0.15, 0.2) is 0 Å². The molecule has 0 amide bonds. The minimum absolute atomic E-state index is 0.0363. The molecule has 0 unspecified atom stereocenters. The molecule has 1 aromatic carbocycles. The number of hydrogen-bond acceptors (Lipinski definition) is 3. The Kier molecular flexibility index (Phi) is 5.41. The number of nitrogens with zero attached hydrogens (tertiary/aromatic N) is 1. The highest BCUT2D eigenvalue weighted by Crippen LogP contribution is 2.39. The Morgan fingerprint density at radius 1 is 1.35 bits per heavy atom. The molecule has 1 atom stereocenters. The van der Waals surface area contributed by atoms with Gasteiger partial charge in [0.2, 0.25) is 0 Å². The van der Waals surface area contributed by atoms with Crippen LogP contribution in [0.2, 0.25) is 0 Å². The molecule has 0 saturated carbocycles. The summed E-state index contributed by atoms with van der Waals surface area (Å²) >= 11 is 3.29. The van der Waals surface area contributed by atoms with E-state index >= 15 is 0 Å². The summed E-state index contributed by atoms with van der Waals surface area (Å²) in [6, 6.07) is 2.90. The lowest BCUT2D eigenvalue weighted by molar-refractivity contribution is 0.148. The maximum atomic E-state index is 14.3. The quantitative estimate of drug-likeness (QED) is 0.879. The highest BCUT2D eigenvalue weighted by molar-refractivity contribution is 9.10. The zero-order chi connectivity index (χ0) is 14.7. The van der Waals surface area contributed by atoms with Gasteiger partial charge in [0.25, 0.3) is 0 Å². The van der Waals surface area contributed by atoms with Crippen LogP contribution in [0.25, 0.3) is 0 Å². The van der Waals surface area contributed by atoms with Gasteiger partial charge in [-0.05, 0) is 40.4 Å². The summed E-state index contributed by atoms with van der Waals surface area (Å²) in [5.41, 5.74) is 0.426. The summed E-state index contributed by atoms with van der Waals surface area (Å²) in [7, 11) is 0. The normalized spacial score (nSPS) is 18.4. The third-order valence-corrected chi connectivity index (χ3v) is 4.37. The molecule has 1 fully saturated rings. The van der Waals surface area contributed by atoms with E-state index in [4.69, 9.17) is 0 Å². The van der Waals surface area contributed by atoms with Gasteiger partial charge in [-0.25, -0.2) is 4.39 Å². The lowest BCUT2D eigenvalue weighted by Crippen LogP contribution is -2.45. The zero-order valence-corrected chi connectivity index (χ0v) is 13.6. The number of rotatable bonds is 4. The smallest absolute Gasteiger partial charge is 0.137 e. The summed E-state index contributed by atoms with van der Waals surface area (Å²) in [6.07, 6.45) is 0.834. The summed E-state index contributed by atoms with van der Waals surface area (Å²) in [5.74, 6) is 0.150. The summed E-state index contributed by atoms with van der Waals surface area (Å²) < 4.78 is 14.8. The largest absolute Gasteiger partial charge is 0.506 e. The van der Waals surface area contributed by atoms with Crippen LogP contribution in [0.5, 0.6) is 5.75 Å². The number of hydrogen-bond donors (Lipinski definition) is 2. The zero-order valence-electron chi connectivity index (χ0n) is 12.0. The molecule has 3 nitrogen and oxygen atoms in total. The van der Waals surface area contributed by atoms with Gasteiger partial charge in [0.1, 0.15) is 11.6 Å². The van der Waals surface area contributed by atoms with E-state index in [-0.39, 0.29) is 17.6 Å². The van der Waals surface area contributed by atoms with E-state index < -0.39 is 0 Å². The molecule has 1 aliphatic heterocycles. The van der Waals surface area contributed by atoms with E-state index in [9.17, 15) is 9.50 Å². The van der Waals surface area contributed by atoms with E-state index in [1.807, 2.05) is 0 Å². The van der Waals surface area contributed by atoms with Crippen molar-refractivity contribution < 1.29 is 9.50 Å². The van der Waals surface area contributed by atoms with Crippen molar-refractivity contribution in [1.29, 1.82) is 0 Å². The fourth-order valence-corrected chi connectivity index (χ4v) is 3.11. The van der Waals surface area contributed by atoms with Crippen LogP contribution in [0.15, 0.2) is 16.6 Å². The molecule has 2 N–H and O–H groups in total. The minimum Gasteiger partial charge on any atom is -0.506 e. The molecule has 0 aromatic heterocycles. The van der Waals surface area contributed by atoms with Gasteiger partial charge >= 0.3 is 0 Å². The van der Waals surface area contributed by atoms with Gasteiger partial charge in [-0.2, -0.15) is 0 Å². The second kappa shape index (κ2) is 6.87. The Bertz CT molecular complexity index is 461. The van der Waals surface area contributed by atoms with E-state index in [1.54, 1.807) is 6.07 Å². The van der Waals surface area contributed by atoms with Crippen molar-refractivity contribution in [3.8, 4) is 5.75 Å². The van der Waals surface area contributed by atoms with Gasteiger partial charge in [0, 0.05) is 37.8 Å². The molecule has 0 bridgehead atoms. The summed E-state index contributed by atoms with van der Waals surface area (Å²) in [6.45, 7) is 7.83. The molecular weight excluding hydrogens is 323 g/mol. The van der Waals surface area contributed by atoms with Crippen LogP contribution in [-0.4, -0.2) is 36.2 Å². The van der Waals surface area contributed by atoms with Gasteiger partial charge in [-0.1, -0.05) is 13.8 Å². The van der Waals surface area contributed by atoms with Crippen molar-refractivity contribution in [2.24, 2.45) is 5.92 Å². The molecule has 1 aliphatic rings. The lowest BCUT2D eigenvalue weighted by Gasteiger charge is -2.36. The van der Waals surface area contributed by atoms with Gasteiger partial charge in [0.05, 0.1) is 4.47 Å². The Morgan fingerprint density at radius 3 is 2.60 bits per heavy atom. The van der Waals surface area contributed by atoms with Crippen LogP contribution in [0.3, 0.4) is 0 Å². The molecule has 5 heteroatoms. The Morgan fingerprint density at radius 2 is 2.00 bits per heavy atom. The Balaban J connectivity index is 2.37. The van der Waals surface area contributed by atoms with Gasteiger partial charge in [-0.15, -0.1) is 0 Å². The fraction of sp³-hybridized carbons (Fsp3) is 0.600. The summed E-state index contributed by atoms with van der Waals surface area (Å²) in [5, 5.41) is 13.6. The lowest BCUT2D eigenvalue weighted by atomic mass is 9.94. The van der Waals surface area contributed by atoms with Crippen molar-refractivity contribution >= 4 is 15.9 Å². The average molecular weight is 345 g/mol. The topological polar surface area (TPSA) is 35.5 Å². The monoisotopic (exact) mass is 344 g/mol. The number of phenolic OH excluding ortho intramolecular Hbond substituents is 1. The van der Waals surface area contributed by atoms with Crippen molar-refractivity contribution in [1.82, 2.24) is 10.2 Å². The van der Waals surface area contributed by atoms with E-state index in [2.05, 4.69) is 40.0 Å². The Hall–Kier alpha value is -0.650. The molecule has 1 saturated heterocycles. The molecule has 1 heterocycles. The van der Waals surface area contributed by atoms with Gasteiger partial charge < -0.3 is 10.4 Å². The average Bonchev–Trinajstić information content (AvgIpc) is 2.43. The Labute approximate surface area is 128 Å². The van der Waals surface area contributed by atoms with Crippen LogP contribution >= 0.6 is 15.9 Å². The molecule has 1 aromatic rings. The molecule has 0 aliphatic carbocycles. The predicted molar refractivity (Wildman–Crippen MR) is 82.4 cm³/mol. The fourth-order valence-electron chi connectivity index (χ4n) is 2.76. The minimum atomic E-state index is -0.324. The number of halogens is 2. The third-order valence-electron chi connectivity index (χ3n) is 3.73. The summed E-state index contributed by atoms with van der Waals surface area (Å²) in [4.78, 5) is 2.26. The van der Waals surface area contributed by atoms with Crippen molar-refractivity contribution in [2.45, 2.75) is 26.3 Å². The SMILES string of the molecule is CC(C)C[C@H](c1c(F)ccc(Br)c1O)N1CCNCC1. The second-order valence-corrected chi connectivity index (χ2v) is 6.58. The maximum absolute atomic E-state index is 14.3. The first-order valence-corrected chi connectivity index (χ1v) is 7.91. The number of aromatic hydroxyl groups is 1. The maximum Gasteiger partial charge on any atom is 0.137 e. The molecular formula is C15H22BrFN2O. The first-order valence-electron chi connectivity index (χ1n) is 7.12. The first-order chi connectivity index (χ1) is 9.50. The van der Waals surface area contributed by atoms with Crippen molar-refractivity contribution in [3.63, 3.8) is 0 Å². The number of phenols is 1. The number of nitrogens with one attached hydrogen (secondary N) is 1. The molecule has 112 valence electrons. The second-order valence-electron chi connectivity index (χ2n) is 5.72. The van der Waals surface area contributed by atoms with Crippen LogP contribution in [0.4, 0.5) is 4.39 Å². The van der Waals surface area contributed by atoms with Crippen LogP contribution < -0.4 is 5.32 Å².